The molecule has 1 unspecified atom stereocenters. The van der Waals surface area contributed by atoms with Crippen molar-refractivity contribution in [3.63, 3.8) is 0 Å². The van der Waals surface area contributed by atoms with Crippen molar-refractivity contribution in [2.75, 3.05) is 29.4 Å². The Labute approximate surface area is 135 Å². The Balaban J connectivity index is 0.00000242. The lowest BCUT2D eigenvalue weighted by Crippen LogP contribution is -2.18. The fourth-order valence-corrected chi connectivity index (χ4v) is 2.80. The molecule has 0 saturated carbocycles. The van der Waals surface area contributed by atoms with Gasteiger partial charge in [-0.05, 0) is 43.6 Å². The molecule has 0 aliphatic carbocycles. The van der Waals surface area contributed by atoms with E-state index >= 15 is 0 Å². The molecular formula is C13H19ClFN3O3S. The van der Waals surface area contributed by atoms with Gasteiger partial charge in [-0.1, -0.05) is 0 Å². The largest absolute Gasteiger partial charge is 0.326 e. The normalized spacial score (nSPS) is 17.6. The molecule has 0 radical (unpaired) electrons. The average molecular weight is 352 g/mol. The molecule has 1 aliphatic rings. The van der Waals surface area contributed by atoms with E-state index in [2.05, 4.69) is 15.4 Å². The van der Waals surface area contributed by atoms with Crippen molar-refractivity contribution >= 4 is 39.7 Å². The molecule has 22 heavy (non-hydrogen) atoms. The smallest absolute Gasteiger partial charge is 0.229 e. The summed E-state index contributed by atoms with van der Waals surface area (Å²) < 4.78 is 37.9. The van der Waals surface area contributed by atoms with Crippen LogP contribution in [0.25, 0.3) is 0 Å². The molecule has 1 amide bonds. The predicted molar refractivity (Wildman–Crippen MR) is 86.3 cm³/mol. The molecule has 1 aromatic rings. The molecule has 0 spiro atoms. The van der Waals surface area contributed by atoms with Gasteiger partial charge >= 0.3 is 0 Å². The maximum absolute atomic E-state index is 13.5. The standard InChI is InChI=1S/C13H18FN3O3S.ClH/c1-21(19,20)17-12-7-10(2-3-11(12)14)16-13(18)6-9-4-5-15-8-9;/h2-3,7,9,15,17H,4-6,8H2,1H3,(H,16,18);1H. The zero-order valence-corrected chi connectivity index (χ0v) is 13.7. The molecule has 1 saturated heterocycles. The number of benzene rings is 1. The molecule has 9 heteroatoms. The van der Waals surface area contributed by atoms with E-state index in [4.69, 9.17) is 0 Å². The average Bonchev–Trinajstić information content (AvgIpc) is 2.84. The van der Waals surface area contributed by atoms with Crippen LogP contribution >= 0.6 is 12.4 Å². The van der Waals surface area contributed by atoms with Crippen molar-refractivity contribution in [2.24, 2.45) is 5.92 Å². The number of halogens is 2. The van der Waals surface area contributed by atoms with Crippen LogP contribution in [-0.2, 0) is 14.8 Å². The van der Waals surface area contributed by atoms with Gasteiger partial charge in [-0.3, -0.25) is 9.52 Å². The third-order valence-corrected chi connectivity index (χ3v) is 3.77. The summed E-state index contributed by atoms with van der Waals surface area (Å²) >= 11 is 0. The Bertz CT molecular complexity index is 633. The van der Waals surface area contributed by atoms with E-state index in [-0.39, 0.29) is 24.0 Å². The SMILES string of the molecule is CS(=O)(=O)Nc1cc(NC(=O)CC2CCNC2)ccc1F.Cl. The number of sulfonamides is 1. The molecular weight excluding hydrogens is 333 g/mol. The number of carbonyl (C=O) groups excluding carboxylic acids is 1. The Kier molecular flexibility index (Phi) is 6.58. The van der Waals surface area contributed by atoms with Crippen LogP contribution in [0.5, 0.6) is 0 Å². The van der Waals surface area contributed by atoms with E-state index in [1.807, 2.05) is 0 Å². The van der Waals surface area contributed by atoms with Gasteiger partial charge in [0.05, 0.1) is 11.9 Å². The van der Waals surface area contributed by atoms with Gasteiger partial charge in [0.1, 0.15) is 5.82 Å². The number of nitrogens with one attached hydrogen (secondary N) is 3. The van der Waals surface area contributed by atoms with Crippen LogP contribution in [0.1, 0.15) is 12.8 Å². The highest BCUT2D eigenvalue weighted by Crippen LogP contribution is 2.21. The van der Waals surface area contributed by atoms with Gasteiger partial charge in [-0.2, -0.15) is 0 Å². The topological polar surface area (TPSA) is 87.3 Å². The van der Waals surface area contributed by atoms with Crippen molar-refractivity contribution in [1.29, 1.82) is 0 Å². The monoisotopic (exact) mass is 351 g/mol. The van der Waals surface area contributed by atoms with Crippen LogP contribution in [0, 0.1) is 11.7 Å². The molecule has 0 aromatic heterocycles. The molecule has 1 fully saturated rings. The van der Waals surface area contributed by atoms with E-state index in [1.54, 1.807) is 0 Å². The molecule has 124 valence electrons. The van der Waals surface area contributed by atoms with Gasteiger partial charge in [-0.25, -0.2) is 12.8 Å². The van der Waals surface area contributed by atoms with Crippen molar-refractivity contribution in [3.8, 4) is 0 Å². The summed E-state index contributed by atoms with van der Waals surface area (Å²) in [6, 6.07) is 3.77. The minimum Gasteiger partial charge on any atom is -0.326 e. The summed E-state index contributed by atoms with van der Waals surface area (Å²) in [5.74, 6) is -0.557. The predicted octanol–water partition coefficient (Wildman–Crippen LogP) is 1.56. The lowest BCUT2D eigenvalue weighted by Gasteiger charge is -2.11. The highest BCUT2D eigenvalue weighted by Gasteiger charge is 2.18. The third kappa shape index (κ3) is 5.78. The molecule has 1 heterocycles. The Hall–Kier alpha value is -1.38. The van der Waals surface area contributed by atoms with E-state index in [0.717, 1.165) is 31.8 Å². The quantitative estimate of drug-likeness (QED) is 0.751. The zero-order chi connectivity index (χ0) is 15.5. The van der Waals surface area contributed by atoms with Gasteiger partial charge in [0, 0.05) is 12.1 Å². The highest BCUT2D eigenvalue weighted by atomic mass is 35.5. The van der Waals surface area contributed by atoms with Gasteiger partial charge < -0.3 is 10.6 Å². The summed E-state index contributed by atoms with van der Waals surface area (Å²) in [6.45, 7) is 1.73. The van der Waals surface area contributed by atoms with Gasteiger partial charge in [0.15, 0.2) is 0 Å². The number of carbonyl (C=O) groups is 1. The Morgan fingerprint density at radius 3 is 2.77 bits per heavy atom. The van der Waals surface area contributed by atoms with Crippen molar-refractivity contribution < 1.29 is 17.6 Å². The second-order valence-electron chi connectivity index (χ2n) is 5.18. The second kappa shape index (κ2) is 7.75. The zero-order valence-electron chi connectivity index (χ0n) is 12.1. The molecule has 6 nitrogen and oxygen atoms in total. The lowest BCUT2D eigenvalue weighted by molar-refractivity contribution is -0.116. The molecule has 1 atom stereocenters. The van der Waals surface area contributed by atoms with Crippen LogP contribution < -0.4 is 15.4 Å². The number of anilines is 2. The lowest BCUT2D eigenvalue weighted by atomic mass is 10.0. The fourth-order valence-electron chi connectivity index (χ4n) is 2.24. The van der Waals surface area contributed by atoms with Gasteiger partial charge in [-0.15, -0.1) is 12.4 Å². The van der Waals surface area contributed by atoms with Crippen LogP contribution in [0.15, 0.2) is 18.2 Å². The number of hydrogen-bond donors (Lipinski definition) is 3. The Morgan fingerprint density at radius 1 is 1.45 bits per heavy atom. The van der Waals surface area contributed by atoms with Crippen LogP contribution in [0.4, 0.5) is 15.8 Å². The summed E-state index contributed by atoms with van der Waals surface area (Å²) in [5, 5.41) is 5.83. The molecule has 0 bridgehead atoms. The third-order valence-electron chi connectivity index (χ3n) is 3.18. The molecule has 1 aliphatic heterocycles. The molecule has 3 N–H and O–H groups in total. The van der Waals surface area contributed by atoms with E-state index in [9.17, 15) is 17.6 Å². The summed E-state index contributed by atoms with van der Waals surface area (Å²) in [5.41, 5.74) is 0.177. The molecule has 2 rings (SSSR count). The first-order valence-corrected chi connectivity index (χ1v) is 8.50. The van der Waals surface area contributed by atoms with E-state index in [1.165, 1.54) is 12.1 Å². The highest BCUT2D eigenvalue weighted by molar-refractivity contribution is 7.92. The first-order chi connectivity index (χ1) is 9.83. The maximum atomic E-state index is 13.5. The minimum absolute atomic E-state index is 0. The van der Waals surface area contributed by atoms with Crippen molar-refractivity contribution in [3.05, 3.63) is 24.0 Å². The van der Waals surface area contributed by atoms with Gasteiger partial charge in [0.25, 0.3) is 0 Å². The first-order valence-electron chi connectivity index (χ1n) is 6.61. The number of hydrogen-bond acceptors (Lipinski definition) is 4. The Morgan fingerprint density at radius 2 is 2.18 bits per heavy atom. The molecule has 1 aromatic carbocycles. The van der Waals surface area contributed by atoms with E-state index < -0.39 is 15.8 Å². The minimum atomic E-state index is -3.57. The van der Waals surface area contributed by atoms with Crippen molar-refractivity contribution in [1.82, 2.24) is 5.32 Å². The van der Waals surface area contributed by atoms with Crippen LogP contribution in [-0.4, -0.2) is 33.7 Å². The van der Waals surface area contributed by atoms with Crippen LogP contribution in [0.2, 0.25) is 0 Å². The van der Waals surface area contributed by atoms with Crippen LogP contribution in [0.3, 0.4) is 0 Å². The fraction of sp³-hybridized carbons (Fsp3) is 0.462. The summed E-state index contributed by atoms with van der Waals surface area (Å²) in [4.78, 5) is 11.9. The number of amides is 1. The maximum Gasteiger partial charge on any atom is 0.229 e. The first kappa shape index (κ1) is 18.7. The van der Waals surface area contributed by atoms with Crippen molar-refractivity contribution in [2.45, 2.75) is 12.8 Å². The second-order valence-corrected chi connectivity index (χ2v) is 6.93. The summed E-state index contributed by atoms with van der Waals surface area (Å²) in [6.07, 6.45) is 2.28. The van der Waals surface area contributed by atoms with Gasteiger partial charge in [0.2, 0.25) is 15.9 Å². The van der Waals surface area contributed by atoms with E-state index in [0.29, 0.717) is 18.0 Å². The summed E-state index contributed by atoms with van der Waals surface area (Å²) in [7, 11) is -3.57. The number of rotatable bonds is 5.